The second kappa shape index (κ2) is 4.47. The Kier molecular flexibility index (Phi) is 3.17. The van der Waals surface area contributed by atoms with Crippen LogP contribution < -0.4 is 0 Å². The Morgan fingerprint density at radius 1 is 1.41 bits per heavy atom. The molecule has 1 N–H and O–H groups in total. The molecule has 2 atom stereocenters. The molecule has 1 fully saturated rings. The van der Waals surface area contributed by atoms with Gasteiger partial charge in [0, 0.05) is 13.6 Å². The molecular weight excluding hydrogens is 218 g/mol. The molecule has 4 nitrogen and oxygen atoms in total. The number of hydrogen-bond acceptors (Lipinski definition) is 3. The number of rotatable bonds is 2. The first-order chi connectivity index (χ1) is 8.05. The van der Waals surface area contributed by atoms with Crippen LogP contribution in [0.1, 0.15) is 18.6 Å². The van der Waals surface area contributed by atoms with Crippen molar-refractivity contribution >= 4 is 5.91 Å². The van der Waals surface area contributed by atoms with Gasteiger partial charge in [0.1, 0.15) is 6.10 Å². The second-order valence-electron chi connectivity index (χ2n) is 4.50. The highest BCUT2D eigenvalue weighted by molar-refractivity contribution is 5.86. The number of morpholine rings is 1. The Labute approximate surface area is 101 Å². The van der Waals surface area contributed by atoms with Crippen LogP contribution in [-0.2, 0) is 9.53 Å². The van der Waals surface area contributed by atoms with Gasteiger partial charge in [-0.2, -0.15) is 0 Å². The lowest BCUT2D eigenvalue weighted by Crippen LogP contribution is -2.56. The molecule has 17 heavy (non-hydrogen) atoms. The molecule has 1 aromatic rings. The maximum Gasteiger partial charge on any atom is 0.257 e. The van der Waals surface area contributed by atoms with Gasteiger partial charge in [0.05, 0.1) is 6.61 Å². The van der Waals surface area contributed by atoms with E-state index in [-0.39, 0.29) is 5.91 Å². The average molecular weight is 235 g/mol. The molecule has 1 heterocycles. The summed E-state index contributed by atoms with van der Waals surface area (Å²) in [6.07, 6.45) is -0.945. The zero-order valence-corrected chi connectivity index (χ0v) is 10.1. The van der Waals surface area contributed by atoms with Gasteiger partial charge in [-0.05, 0) is 12.5 Å². The summed E-state index contributed by atoms with van der Waals surface area (Å²) in [7, 11) is 1.72. The fraction of sp³-hybridized carbons (Fsp3) is 0.462. The van der Waals surface area contributed by atoms with Gasteiger partial charge in [-0.15, -0.1) is 0 Å². The molecule has 92 valence electrons. The van der Waals surface area contributed by atoms with Crippen molar-refractivity contribution in [2.75, 3.05) is 20.2 Å². The minimum Gasteiger partial charge on any atom is -0.385 e. The molecule has 0 bridgehead atoms. The van der Waals surface area contributed by atoms with Crippen molar-refractivity contribution in [1.29, 1.82) is 0 Å². The van der Waals surface area contributed by atoms with Crippen LogP contribution in [0.15, 0.2) is 30.3 Å². The maximum atomic E-state index is 12.1. The number of carbonyl (C=O) groups excluding carboxylic acids is 1. The SMILES string of the molecule is CN1CCOC(C)(C(O)c2ccccc2)C1=O. The van der Waals surface area contributed by atoms with E-state index in [0.29, 0.717) is 18.7 Å². The van der Waals surface area contributed by atoms with E-state index in [1.807, 2.05) is 18.2 Å². The maximum absolute atomic E-state index is 12.1. The number of likely N-dealkylation sites (N-methyl/N-ethyl adjacent to an activating group) is 1. The third-order valence-corrected chi connectivity index (χ3v) is 3.24. The number of benzene rings is 1. The van der Waals surface area contributed by atoms with Crippen LogP contribution >= 0.6 is 0 Å². The standard InChI is InChI=1S/C13H17NO3/c1-13(12(16)14(2)8-9-17-13)11(15)10-6-4-3-5-7-10/h3-7,11,15H,8-9H2,1-2H3. The van der Waals surface area contributed by atoms with E-state index in [1.165, 1.54) is 0 Å². The van der Waals surface area contributed by atoms with Crippen LogP contribution in [0.3, 0.4) is 0 Å². The number of aliphatic hydroxyl groups excluding tert-OH is 1. The Bertz CT molecular complexity index is 406. The van der Waals surface area contributed by atoms with Crippen LogP contribution in [-0.4, -0.2) is 41.7 Å². The molecule has 2 unspecified atom stereocenters. The van der Waals surface area contributed by atoms with E-state index in [1.54, 1.807) is 31.0 Å². The number of aliphatic hydroxyl groups is 1. The zero-order chi connectivity index (χ0) is 12.5. The molecule has 0 saturated carbocycles. The smallest absolute Gasteiger partial charge is 0.257 e. The third-order valence-electron chi connectivity index (χ3n) is 3.24. The number of carbonyl (C=O) groups is 1. The zero-order valence-electron chi connectivity index (χ0n) is 10.1. The predicted octanol–water partition coefficient (Wildman–Crippen LogP) is 0.967. The van der Waals surface area contributed by atoms with Crippen molar-refractivity contribution in [3.8, 4) is 0 Å². The quantitative estimate of drug-likeness (QED) is 0.831. The molecule has 0 aliphatic carbocycles. The second-order valence-corrected chi connectivity index (χ2v) is 4.50. The highest BCUT2D eigenvalue weighted by atomic mass is 16.5. The largest absolute Gasteiger partial charge is 0.385 e. The van der Waals surface area contributed by atoms with E-state index in [9.17, 15) is 9.90 Å². The van der Waals surface area contributed by atoms with E-state index in [0.717, 1.165) is 0 Å². The van der Waals surface area contributed by atoms with Crippen LogP contribution in [0, 0.1) is 0 Å². The summed E-state index contributed by atoms with van der Waals surface area (Å²) in [4.78, 5) is 13.7. The Morgan fingerprint density at radius 3 is 2.71 bits per heavy atom. The Balaban J connectivity index is 2.29. The van der Waals surface area contributed by atoms with Crippen LogP contribution in [0.5, 0.6) is 0 Å². The molecule has 4 heteroatoms. The summed E-state index contributed by atoms with van der Waals surface area (Å²) < 4.78 is 5.52. The van der Waals surface area contributed by atoms with Crippen LogP contribution in [0.25, 0.3) is 0 Å². The van der Waals surface area contributed by atoms with E-state index in [2.05, 4.69) is 0 Å². The normalized spacial score (nSPS) is 27.0. The number of amides is 1. The van der Waals surface area contributed by atoms with Gasteiger partial charge in [-0.1, -0.05) is 30.3 Å². The summed E-state index contributed by atoms with van der Waals surface area (Å²) in [6.45, 7) is 2.65. The average Bonchev–Trinajstić information content (AvgIpc) is 2.36. The Hall–Kier alpha value is -1.39. The molecular formula is C13H17NO3. The number of hydrogen-bond donors (Lipinski definition) is 1. The molecule has 1 aliphatic rings. The van der Waals surface area contributed by atoms with Crippen molar-refractivity contribution in [2.45, 2.75) is 18.6 Å². The van der Waals surface area contributed by atoms with Crippen molar-refractivity contribution in [3.05, 3.63) is 35.9 Å². The Morgan fingerprint density at radius 2 is 2.06 bits per heavy atom. The molecule has 1 amide bonds. The highest BCUT2D eigenvalue weighted by Gasteiger charge is 2.46. The van der Waals surface area contributed by atoms with E-state index in [4.69, 9.17) is 4.74 Å². The van der Waals surface area contributed by atoms with Gasteiger partial charge < -0.3 is 14.7 Å². The van der Waals surface area contributed by atoms with Crippen LogP contribution in [0.4, 0.5) is 0 Å². The lowest BCUT2D eigenvalue weighted by atomic mass is 9.90. The topological polar surface area (TPSA) is 49.8 Å². The molecule has 0 spiro atoms. The minimum absolute atomic E-state index is 0.180. The molecule has 1 aromatic carbocycles. The van der Waals surface area contributed by atoms with Crippen molar-refractivity contribution in [3.63, 3.8) is 0 Å². The third kappa shape index (κ3) is 2.06. The minimum atomic E-state index is -1.19. The highest BCUT2D eigenvalue weighted by Crippen LogP contribution is 2.32. The summed E-state index contributed by atoms with van der Waals surface area (Å²) >= 11 is 0. The van der Waals surface area contributed by atoms with E-state index >= 15 is 0 Å². The molecule has 1 saturated heterocycles. The summed E-state index contributed by atoms with van der Waals surface area (Å²) in [6, 6.07) is 9.12. The summed E-state index contributed by atoms with van der Waals surface area (Å²) in [5.74, 6) is -0.180. The van der Waals surface area contributed by atoms with Gasteiger partial charge in [0.25, 0.3) is 5.91 Å². The van der Waals surface area contributed by atoms with Crippen molar-refractivity contribution in [1.82, 2.24) is 4.90 Å². The lowest BCUT2D eigenvalue weighted by molar-refractivity contribution is -0.185. The first kappa shape index (κ1) is 12.1. The first-order valence-corrected chi connectivity index (χ1v) is 5.68. The van der Waals surface area contributed by atoms with E-state index < -0.39 is 11.7 Å². The van der Waals surface area contributed by atoms with Crippen LogP contribution in [0.2, 0.25) is 0 Å². The fourth-order valence-electron chi connectivity index (χ4n) is 2.09. The number of nitrogens with zero attached hydrogens (tertiary/aromatic N) is 1. The van der Waals surface area contributed by atoms with Gasteiger partial charge in [-0.25, -0.2) is 0 Å². The number of ether oxygens (including phenoxy) is 1. The molecule has 0 aromatic heterocycles. The van der Waals surface area contributed by atoms with Gasteiger partial charge in [0.2, 0.25) is 0 Å². The monoisotopic (exact) mass is 235 g/mol. The summed E-state index contributed by atoms with van der Waals surface area (Å²) in [5.41, 5.74) is -0.493. The first-order valence-electron chi connectivity index (χ1n) is 5.68. The molecule has 1 aliphatic heterocycles. The molecule has 2 rings (SSSR count). The fourth-order valence-corrected chi connectivity index (χ4v) is 2.09. The van der Waals surface area contributed by atoms with Crippen molar-refractivity contribution < 1.29 is 14.6 Å². The summed E-state index contributed by atoms with van der Waals surface area (Å²) in [5, 5.41) is 10.3. The predicted molar refractivity (Wildman–Crippen MR) is 63.4 cm³/mol. The molecule has 0 radical (unpaired) electrons. The van der Waals surface area contributed by atoms with Gasteiger partial charge in [0.15, 0.2) is 5.60 Å². The van der Waals surface area contributed by atoms with Gasteiger partial charge >= 0.3 is 0 Å². The van der Waals surface area contributed by atoms with Crippen molar-refractivity contribution in [2.24, 2.45) is 0 Å². The van der Waals surface area contributed by atoms with Gasteiger partial charge in [-0.3, -0.25) is 4.79 Å². The lowest BCUT2D eigenvalue weighted by Gasteiger charge is -2.40.